The number of benzene rings is 1. The largest absolute Gasteiger partial charge is 0.491 e. The number of para-hydroxylation sites is 1. The minimum atomic E-state index is -0.00101. The van der Waals surface area contributed by atoms with Crippen LogP contribution in [0.4, 0.5) is 0 Å². The Morgan fingerprint density at radius 1 is 1.18 bits per heavy atom. The maximum atomic E-state index is 6.28. The van der Waals surface area contributed by atoms with Crippen LogP contribution in [0.3, 0.4) is 0 Å². The van der Waals surface area contributed by atoms with Gasteiger partial charge in [0.2, 0.25) is 0 Å². The lowest BCUT2D eigenvalue weighted by molar-refractivity contribution is -0.158. The van der Waals surface area contributed by atoms with Crippen molar-refractivity contribution in [3.8, 4) is 5.75 Å². The van der Waals surface area contributed by atoms with Crippen molar-refractivity contribution < 1.29 is 18.9 Å². The summed E-state index contributed by atoms with van der Waals surface area (Å²) in [5.41, 5.74) is 1.27. The Labute approximate surface area is 170 Å². The summed E-state index contributed by atoms with van der Waals surface area (Å²) in [7, 11) is 0. The van der Waals surface area contributed by atoms with Crippen molar-refractivity contribution >= 4 is 0 Å². The van der Waals surface area contributed by atoms with Gasteiger partial charge in [-0.15, -0.1) is 0 Å². The Bertz CT molecular complexity index is 584. The van der Waals surface area contributed by atoms with Crippen molar-refractivity contribution in [2.75, 3.05) is 39.5 Å². The van der Waals surface area contributed by atoms with E-state index in [1.807, 2.05) is 13.0 Å². The fourth-order valence-electron chi connectivity index (χ4n) is 4.25. The van der Waals surface area contributed by atoms with Crippen LogP contribution in [-0.2, 0) is 20.8 Å². The van der Waals surface area contributed by atoms with Gasteiger partial charge in [0.05, 0.1) is 31.0 Å². The van der Waals surface area contributed by atoms with Crippen molar-refractivity contribution in [2.24, 2.45) is 0 Å². The maximum Gasteiger partial charge on any atom is 0.124 e. The predicted molar refractivity (Wildman–Crippen MR) is 111 cm³/mol. The van der Waals surface area contributed by atoms with Crippen LogP contribution in [0.25, 0.3) is 0 Å². The van der Waals surface area contributed by atoms with Crippen molar-refractivity contribution in [3.63, 3.8) is 0 Å². The van der Waals surface area contributed by atoms with Crippen molar-refractivity contribution in [1.82, 2.24) is 4.90 Å². The van der Waals surface area contributed by atoms with E-state index in [-0.39, 0.29) is 11.7 Å². The molecule has 28 heavy (non-hydrogen) atoms. The second-order valence-corrected chi connectivity index (χ2v) is 8.26. The van der Waals surface area contributed by atoms with E-state index in [2.05, 4.69) is 36.9 Å². The lowest BCUT2D eigenvalue weighted by Gasteiger charge is -2.46. The van der Waals surface area contributed by atoms with Gasteiger partial charge in [-0.2, -0.15) is 0 Å². The number of hydrogen-bond acceptors (Lipinski definition) is 5. The first-order valence-electron chi connectivity index (χ1n) is 10.9. The zero-order valence-electron chi connectivity index (χ0n) is 17.8. The van der Waals surface area contributed by atoms with Crippen molar-refractivity contribution in [3.05, 3.63) is 29.8 Å². The third-order valence-corrected chi connectivity index (χ3v) is 5.73. The summed E-state index contributed by atoms with van der Waals surface area (Å²) in [4.78, 5) is 2.52. The third kappa shape index (κ3) is 6.18. The highest BCUT2D eigenvalue weighted by molar-refractivity contribution is 5.33. The van der Waals surface area contributed by atoms with Crippen LogP contribution in [0, 0.1) is 0 Å². The van der Waals surface area contributed by atoms with Gasteiger partial charge in [-0.1, -0.05) is 18.2 Å². The van der Waals surface area contributed by atoms with Gasteiger partial charge in [-0.3, -0.25) is 4.90 Å². The number of nitrogens with zero attached hydrogens (tertiary/aromatic N) is 1. The molecule has 2 fully saturated rings. The molecule has 5 nitrogen and oxygen atoms in total. The van der Waals surface area contributed by atoms with Crippen LogP contribution < -0.4 is 4.74 Å². The van der Waals surface area contributed by atoms with E-state index in [9.17, 15) is 0 Å². The first kappa shape index (κ1) is 21.6. The van der Waals surface area contributed by atoms with Crippen LogP contribution >= 0.6 is 0 Å². The van der Waals surface area contributed by atoms with E-state index >= 15 is 0 Å². The summed E-state index contributed by atoms with van der Waals surface area (Å²) in [6, 6.07) is 8.41. The molecule has 0 N–H and O–H groups in total. The zero-order chi connectivity index (χ0) is 19.8. The van der Waals surface area contributed by atoms with Crippen LogP contribution in [0.15, 0.2) is 24.3 Å². The number of ether oxygens (including phenoxy) is 4. The molecule has 2 saturated heterocycles. The smallest absolute Gasteiger partial charge is 0.124 e. The fourth-order valence-corrected chi connectivity index (χ4v) is 4.25. The molecule has 0 aromatic heterocycles. The van der Waals surface area contributed by atoms with Gasteiger partial charge in [0, 0.05) is 44.8 Å². The molecule has 0 bridgehead atoms. The Kier molecular flexibility index (Phi) is 8.15. The average Bonchev–Trinajstić information content (AvgIpc) is 2.69. The minimum Gasteiger partial charge on any atom is -0.491 e. The van der Waals surface area contributed by atoms with Gasteiger partial charge < -0.3 is 18.9 Å². The third-order valence-electron chi connectivity index (χ3n) is 5.73. The summed E-state index contributed by atoms with van der Waals surface area (Å²) in [5, 5.41) is 0. The monoisotopic (exact) mass is 391 g/mol. The van der Waals surface area contributed by atoms with Gasteiger partial charge in [0.25, 0.3) is 0 Å². The molecule has 2 aliphatic rings. The van der Waals surface area contributed by atoms with Crippen molar-refractivity contribution in [2.45, 2.75) is 70.8 Å². The molecular weight excluding hydrogens is 354 g/mol. The molecule has 1 aromatic carbocycles. The maximum absolute atomic E-state index is 6.28. The molecule has 1 atom stereocenters. The molecule has 1 aromatic rings. The van der Waals surface area contributed by atoms with Crippen molar-refractivity contribution in [1.29, 1.82) is 0 Å². The number of piperidine rings is 1. The molecule has 0 amide bonds. The molecular formula is C23H37NO4. The number of rotatable bonds is 9. The predicted octanol–water partition coefficient (Wildman–Crippen LogP) is 4.04. The van der Waals surface area contributed by atoms with Crippen LogP contribution in [-0.4, -0.2) is 62.2 Å². The second kappa shape index (κ2) is 10.6. The normalized spacial score (nSPS) is 22.6. The second-order valence-electron chi connectivity index (χ2n) is 8.26. The molecule has 0 radical (unpaired) electrons. The lowest BCUT2D eigenvalue weighted by Crippen LogP contribution is -2.50. The summed E-state index contributed by atoms with van der Waals surface area (Å²) in [5.74, 6) is 1.01. The first-order chi connectivity index (χ1) is 13.6. The van der Waals surface area contributed by atoms with Crippen LogP contribution in [0.2, 0.25) is 0 Å². The molecule has 1 spiro atoms. The topological polar surface area (TPSA) is 40.2 Å². The van der Waals surface area contributed by atoms with E-state index in [0.29, 0.717) is 19.3 Å². The van der Waals surface area contributed by atoms with Gasteiger partial charge in [0.1, 0.15) is 5.75 Å². The van der Waals surface area contributed by atoms with E-state index in [0.717, 1.165) is 64.3 Å². The highest BCUT2D eigenvalue weighted by Gasteiger charge is 2.40. The quantitative estimate of drug-likeness (QED) is 0.594. The minimum absolute atomic E-state index is 0.00101. The molecule has 2 heterocycles. The fraction of sp³-hybridized carbons (Fsp3) is 0.739. The number of likely N-dealkylation sites (tertiary alicyclic amines) is 1. The van der Waals surface area contributed by atoms with Gasteiger partial charge in [-0.05, 0) is 46.1 Å². The molecule has 158 valence electrons. The molecule has 3 rings (SSSR count). The van der Waals surface area contributed by atoms with Crippen LogP contribution in [0.1, 0.15) is 52.0 Å². The standard InChI is InChI=1S/C23H37NO4/c1-4-25-15-16-26-21-9-14-27-23(17-21)10-12-24(13-11-23)18-20-7-5-6-8-22(20)28-19(2)3/h5-8,19,21H,4,9-18H2,1-3H3. The highest BCUT2D eigenvalue weighted by Crippen LogP contribution is 2.36. The molecule has 0 aliphatic carbocycles. The Hall–Kier alpha value is -1.14. The number of hydrogen-bond donors (Lipinski definition) is 0. The Balaban J connectivity index is 1.49. The van der Waals surface area contributed by atoms with Crippen LogP contribution in [0.5, 0.6) is 5.75 Å². The summed E-state index contributed by atoms with van der Waals surface area (Å²) >= 11 is 0. The van der Waals surface area contributed by atoms with Gasteiger partial charge in [0.15, 0.2) is 0 Å². The first-order valence-corrected chi connectivity index (χ1v) is 10.9. The summed E-state index contributed by atoms with van der Waals surface area (Å²) in [6.45, 7) is 12.2. The van der Waals surface area contributed by atoms with E-state index in [1.54, 1.807) is 0 Å². The molecule has 5 heteroatoms. The Morgan fingerprint density at radius 2 is 1.96 bits per heavy atom. The SMILES string of the molecule is CCOCCOC1CCOC2(CCN(Cc3ccccc3OC(C)C)CC2)C1. The molecule has 1 unspecified atom stereocenters. The zero-order valence-corrected chi connectivity index (χ0v) is 17.8. The average molecular weight is 392 g/mol. The summed E-state index contributed by atoms with van der Waals surface area (Å²) < 4.78 is 23.7. The molecule has 2 aliphatic heterocycles. The highest BCUT2D eigenvalue weighted by atomic mass is 16.5. The van der Waals surface area contributed by atoms with Gasteiger partial charge >= 0.3 is 0 Å². The van der Waals surface area contributed by atoms with E-state index in [4.69, 9.17) is 18.9 Å². The van der Waals surface area contributed by atoms with Gasteiger partial charge in [-0.25, -0.2) is 0 Å². The van der Waals surface area contributed by atoms with E-state index < -0.39 is 0 Å². The lowest BCUT2D eigenvalue weighted by atomic mass is 9.83. The summed E-state index contributed by atoms with van der Waals surface area (Å²) in [6.07, 6.45) is 4.66. The Morgan fingerprint density at radius 3 is 2.71 bits per heavy atom. The molecule has 0 saturated carbocycles. The van der Waals surface area contributed by atoms with E-state index in [1.165, 1.54) is 5.56 Å².